The third-order valence-corrected chi connectivity index (χ3v) is 3.51. The number of hydrogen-bond donors (Lipinski definition) is 1. The molecule has 0 atom stereocenters. The fourth-order valence-electron chi connectivity index (χ4n) is 2.72. The van der Waals surface area contributed by atoms with Crippen LogP contribution in [0.15, 0.2) is 54.6 Å². The third-order valence-electron chi connectivity index (χ3n) is 3.51. The molecule has 4 rings (SSSR count). The molecule has 0 spiro atoms. The first-order chi connectivity index (χ1) is 8.34. The van der Waals surface area contributed by atoms with Gasteiger partial charge in [0.25, 0.3) is 0 Å². The standard InChI is InChI=1S/C16H10O.3Na.3H/c17-14-9-7-12-5-4-10-2-1-3-11-6-8-13(14)16(12)15(10)11;;;;;;/h1-9,17H;;;;;;. The van der Waals surface area contributed by atoms with Gasteiger partial charge in [0.05, 0.1) is 0 Å². The molecule has 4 aromatic rings. The Labute approximate surface area is 183 Å². The zero-order valence-corrected chi connectivity index (χ0v) is 9.14. The second kappa shape index (κ2) is 7.32. The molecule has 20 heavy (non-hydrogen) atoms. The molecule has 4 heteroatoms. The van der Waals surface area contributed by atoms with E-state index in [1.54, 1.807) is 6.07 Å². The maximum atomic E-state index is 9.95. The minimum absolute atomic E-state index is 0. The van der Waals surface area contributed by atoms with Gasteiger partial charge in [-0.25, -0.2) is 0 Å². The number of phenolic OH excluding ortho intramolecular Hbond substituents is 1. The molecule has 0 aliphatic carbocycles. The Morgan fingerprint density at radius 1 is 0.550 bits per heavy atom. The van der Waals surface area contributed by atoms with E-state index >= 15 is 0 Å². The Morgan fingerprint density at radius 2 is 1.05 bits per heavy atom. The van der Waals surface area contributed by atoms with Crippen molar-refractivity contribution in [2.45, 2.75) is 0 Å². The molecule has 0 bridgehead atoms. The van der Waals surface area contributed by atoms with Gasteiger partial charge in [-0.15, -0.1) is 0 Å². The molecular formula is C16H13Na3O. The Hall–Kier alpha value is 0.720. The summed E-state index contributed by atoms with van der Waals surface area (Å²) in [6, 6.07) is 18.4. The summed E-state index contributed by atoms with van der Waals surface area (Å²) >= 11 is 0. The SMILES string of the molecule is Oc1ccc2ccc3cccc4ccc1c2c34.[NaH].[NaH].[NaH]. The predicted molar refractivity (Wildman–Crippen MR) is 93.3 cm³/mol. The minimum atomic E-state index is 0. The van der Waals surface area contributed by atoms with Crippen LogP contribution in [0.25, 0.3) is 32.3 Å². The van der Waals surface area contributed by atoms with Crippen LogP contribution in [0, 0.1) is 0 Å². The van der Waals surface area contributed by atoms with Crippen LogP contribution in [0.1, 0.15) is 0 Å². The van der Waals surface area contributed by atoms with Gasteiger partial charge in [0, 0.05) is 10.8 Å². The summed E-state index contributed by atoms with van der Waals surface area (Å²) in [5.74, 6) is 0.357. The van der Waals surface area contributed by atoms with Gasteiger partial charge in [0.15, 0.2) is 0 Å². The van der Waals surface area contributed by atoms with Crippen molar-refractivity contribution in [3.05, 3.63) is 54.6 Å². The monoisotopic (exact) mass is 290 g/mol. The molecule has 0 unspecified atom stereocenters. The van der Waals surface area contributed by atoms with E-state index in [0.717, 1.165) is 5.39 Å². The third kappa shape index (κ3) is 2.81. The molecule has 0 saturated heterocycles. The molecular weight excluding hydrogens is 277 g/mol. The predicted octanol–water partition coefficient (Wildman–Crippen LogP) is 2.34. The van der Waals surface area contributed by atoms with Gasteiger partial charge in [-0.05, 0) is 27.6 Å². The van der Waals surface area contributed by atoms with Crippen molar-refractivity contribution in [2.24, 2.45) is 0 Å². The summed E-state index contributed by atoms with van der Waals surface area (Å²) in [6.07, 6.45) is 0. The van der Waals surface area contributed by atoms with Gasteiger partial charge in [0.1, 0.15) is 5.75 Å². The van der Waals surface area contributed by atoms with E-state index in [0.29, 0.717) is 5.75 Å². The average Bonchev–Trinajstić information content (AvgIpc) is 2.38. The molecule has 0 aliphatic heterocycles. The number of rotatable bonds is 0. The number of hydrogen-bond acceptors (Lipinski definition) is 1. The van der Waals surface area contributed by atoms with Crippen LogP contribution >= 0.6 is 0 Å². The molecule has 86 valence electrons. The fraction of sp³-hybridized carbons (Fsp3) is 0. The Balaban J connectivity index is 0.000000667. The fourth-order valence-corrected chi connectivity index (χ4v) is 2.72. The van der Waals surface area contributed by atoms with Crippen molar-refractivity contribution < 1.29 is 5.11 Å². The normalized spacial score (nSPS) is 10.0. The van der Waals surface area contributed by atoms with Crippen molar-refractivity contribution in [1.29, 1.82) is 0 Å². The molecule has 0 aromatic heterocycles. The maximum absolute atomic E-state index is 9.95. The van der Waals surface area contributed by atoms with Crippen LogP contribution < -0.4 is 0 Å². The van der Waals surface area contributed by atoms with Crippen LogP contribution in [-0.2, 0) is 0 Å². The Kier molecular flexibility index (Phi) is 6.87. The van der Waals surface area contributed by atoms with Gasteiger partial charge in [-0.2, -0.15) is 0 Å². The number of phenols is 1. The summed E-state index contributed by atoms with van der Waals surface area (Å²) in [5, 5.41) is 16.9. The first kappa shape index (κ1) is 18.8. The molecule has 1 nitrogen and oxygen atoms in total. The Bertz CT molecular complexity index is 842. The summed E-state index contributed by atoms with van der Waals surface area (Å²) < 4.78 is 0. The van der Waals surface area contributed by atoms with Crippen molar-refractivity contribution >= 4 is 121 Å². The second-order valence-corrected chi connectivity index (χ2v) is 4.44. The molecule has 0 amide bonds. The van der Waals surface area contributed by atoms with Crippen molar-refractivity contribution in [3.63, 3.8) is 0 Å². The summed E-state index contributed by atoms with van der Waals surface area (Å²) in [7, 11) is 0. The van der Waals surface area contributed by atoms with Gasteiger partial charge in [-0.1, -0.05) is 48.5 Å². The summed E-state index contributed by atoms with van der Waals surface area (Å²) in [6.45, 7) is 0. The van der Waals surface area contributed by atoms with Crippen LogP contribution in [0.4, 0.5) is 0 Å². The van der Waals surface area contributed by atoms with Gasteiger partial charge >= 0.3 is 88.7 Å². The van der Waals surface area contributed by atoms with Crippen molar-refractivity contribution in [3.8, 4) is 5.75 Å². The molecule has 0 aliphatic rings. The first-order valence-corrected chi connectivity index (χ1v) is 5.70. The van der Waals surface area contributed by atoms with E-state index in [-0.39, 0.29) is 88.7 Å². The van der Waals surface area contributed by atoms with Gasteiger partial charge < -0.3 is 5.11 Å². The molecule has 0 fully saturated rings. The molecule has 1 N–H and O–H groups in total. The van der Waals surface area contributed by atoms with Crippen LogP contribution in [0.5, 0.6) is 5.75 Å². The van der Waals surface area contributed by atoms with E-state index < -0.39 is 0 Å². The zero-order chi connectivity index (χ0) is 11.4. The van der Waals surface area contributed by atoms with E-state index in [9.17, 15) is 5.11 Å². The zero-order valence-electron chi connectivity index (χ0n) is 9.14. The first-order valence-electron chi connectivity index (χ1n) is 5.70. The quantitative estimate of drug-likeness (QED) is 0.389. The molecule has 0 radical (unpaired) electrons. The van der Waals surface area contributed by atoms with Crippen LogP contribution in [0.3, 0.4) is 0 Å². The van der Waals surface area contributed by atoms with Gasteiger partial charge in [-0.3, -0.25) is 0 Å². The van der Waals surface area contributed by atoms with Crippen LogP contribution in [0.2, 0.25) is 0 Å². The topological polar surface area (TPSA) is 20.2 Å². The van der Waals surface area contributed by atoms with E-state index in [1.165, 1.54) is 26.9 Å². The van der Waals surface area contributed by atoms with Crippen molar-refractivity contribution in [2.75, 3.05) is 0 Å². The van der Waals surface area contributed by atoms with Crippen molar-refractivity contribution in [1.82, 2.24) is 0 Å². The van der Waals surface area contributed by atoms with Crippen LogP contribution in [-0.4, -0.2) is 93.8 Å². The number of aromatic hydroxyl groups is 1. The molecule has 0 saturated carbocycles. The summed E-state index contributed by atoms with van der Waals surface area (Å²) in [5.41, 5.74) is 0. The summed E-state index contributed by atoms with van der Waals surface area (Å²) in [4.78, 5) is 0. The van der Waals surface area contributed by atoms with E-state index in [4.69, 9.17) is 0 Å². The molecule has 0 heterocycles. The second-order valence-electron chi connectivity index (χ2n) is 4.44. The van der Waals surface area contributed by atoms with E-state index in [2.05, 4.69) is 36.4 Å². The Morgan fingerprint density at radius 3 is 1.70 bits per heavy atom. The average molecular weight is 290 g/mol. The van der Waals surface area contributed by atoms with Gasteiger partial charge in [0.2, 0.25) is 0 Å². The molecule has 4 aromatic carbocycles. The van der Waals surface area contributed by atoms with E-state index in [1.807, 2.05) is 12.1 Å². The number of benzene rings is 4.